The molecular formula is C22H29NO4. The first-order chi connectivity index (χ1) is 13.0. The zero-order valence-corrected chi connectivity index (χ0v) is 16.1. The Morgan fingerprint density at radius 3 is 2.63 bits per heavy atom. The molecule has 2 aliphatic rings. The van der Waals surface area contributed by atoms with Crippen LogP contribution in [0.15, 0.2) is 35.9 Å². The third-order valence-electron chi connectivity index (χ3n) is 5.88. The van der Waals surface area contributed by atoms with Gasteiger partial charge in [0.15, 0.2) is 0 Å². The summed E-state index contributed by atoms with van der Waals surface area (Å²) in [5, 5.41) is 11.8. The minimum atomic E-state index is -1.05. The van der Waals surface area contributed by atoms with Gasteiger partial charge in [0.05, 0.1) is 0 Å². The van der Waals surface area contributed by atoms with Crippen molar-refractivity contribution in [3.63, 3.8) is 0 Å². The van der Waals surface area contributed by atoms with E-state index in [4.69, 9.17) is 4.74 Å². The van der Waals surface area contributed by atoms with Crippen molar-refractivity contribution >= 4 is 12.1 Å². The Hall–Kier alpha value is -2.30. The molecule has 0 radical (unpaired) electrons. The van der Waals surface area contributed by atoms with E-state index in [0.29, 0.717) is 18.4 Å². The lowest BCUT2D eigenvalue weighted by atomic mass is 9.76. The van der Waals surface area contributed by atoms with Crippen LogP contribution in [0.2, 0.25) is 0 Å². The number of hydrogen-bond acceptors (Lipinski definition) is 3. The van der Waals surface area contributed by atoms with Crippen LogP contribution in [-0.4, -0.2) is 29.8 Å². The van der Waals surface area contributed by atoms with E-state index in [0.717, 1.165) is 12.0 Å². The van der Waals surface area contributed by atoms with Gasteiger partial charge in [-0.2, -0.15) is 0 Å². The average Bonchev–Trinajstić information content (AvgIpc) is 2.97. The van der Waals surface area contributed by atoms with E-state index in [-0.39, 0.29) is 12.3 Å². The number of hydrogen-bond donors (Lipinski definition) is 2. The SMILES string of the molecule is CC(C)=CC[C@H](NC(=O)OCC1c2ccccc2[C@H]2CCCCC12)C(=O)O. The van der Waals surface area contributed by atoms with E-state index in [1.807, 2.05) is 19.9 Å². The summed E-state index contributed by atoms with van der Waals surface area (Å²) in [6.45, 7) is 4.10. The lowest BCUT2D eigenvalue weighted by Crippen LogP contribution is -2.41. The number of nitrogens with one attached hydrogen (secondary N) is 1. The number of carboxylic acids is 1. The summed E-state index contributed by atoms with van der Waals surface area (Å²) >= 11 is 0. The van der Waals surface area contributed by atoms with Crippen molar-refractivity contribution in [2.24, 2.45) is 5.92 Å². The molecule has 4 atom stereocenters. The van der Waals surface area contributed by atoms with E-state index in [2.05, 4.69) is 23.5 Å². The second kappa shape index (κ2) is 8.59. The third-order valence-corrected chi connectivity index (χ3v) is 5.88. The number of rotatable bonds is 6. The number of carbonyl (C=O) groups is 2. The highest BCUT2D eigenvalue weighted by molar-refractivity contribution is 5.80. The molecule has 0 saturated heterocycles. The number of alkyl carbamates (subject to hydrolysis) is 1. The van der Waals surface area contributed by atoms with Gasteiger partial charge in [-0.05, 0) is 56.1 Å². The zero-order valence-electron chi connectivity index (χ0n) is 16.1. The lowest BCUT2D eigenvalue weighted by Gasteiger charge is -2.29. The van der Waals surface area contributed by atoms with Gasteiger partial charge in [-0.3, -0.25) is 0 Å². The molecule has 2 unspecified atom stereocenters. The molecule has 3 rings (SSSR count). The predicted molar refractivity (Wildman–Crippen MR) is 104 cm³/mol. The topological polar surface area (TPSA) is 75.6 Å². The van der Waals surface area contributed by atoms with Crippen LogP contribution in [-0.2, 0) is 9.53 Å². The second-order valence-electron chi connectivity index (χ2n) is 7.94. The molecule has 1 fully saturated rings. The van der Waals surface area contributed by atoms with E-state index in [1.165, 1.54) is 30.4 Å². The minimum absolute atomic E-state index is 0.207. The Morgan fingerprint density at radius 2 is 1.93 bits per heavy atom. The van der Waals surface area contributed by atoms with E-state index in [1.54, 1.807) is 6.08 Å². The molecule has 1 aromatic carbocycles. The maximum atomic E-state index is 12.2. The molecule has 0 aliphatic heterocycles. The summed E-state index contributed by atoms with van der Waals surface area (Å²) in [5.74, 6) is 0.238. The summed E-state index contributed by atoms with van der Waals surface area (Å²) in [7, 11) is 0. The van der Waals surface area contributed by atoms with Crippen molar-refractivity contribution in [3.05, 3.63) is 47.0 Å². The molecular weight excluding hydrogens is 342 g/mol. The fourth-order valence-electron chi connectivity index (χ4n) is 4.58. The van der Waals surface area contributed by atoms with E-state index in [9.17, 15) is 14.7 Å². The van der Waals surface area contributed by atoms with E-state index >= 15 is 0 Å². The maximum Gasteiger partial charge on any atom is 0.407 e. The van der Waals surface area contributed by atoms with Gasteiger partial charge in [0.25, 0.3) is 0 Å². The summed E-state index contributed by atoms with van der Waals surface area (Å²) in [6, 6.07) is 7.52. The number of allylic oxidation sites excluding steroid dienone is 1. The number of benzene rings is 1. The monoisotopic (exact) mass is 371 g/mol. The summed E-state index contributed by atoms with van der Waals surface area (Å²) < 4.78 is 5.49. The summed E-state index contributed by atoms with van der Waals surface area (Å²) in [4.78, 5) is 23.6. The van der Waals surface area contributed by atoms with Crippen molar-refractivity contribution < 1.29 is 19.4 Å². The normalized spacial score (nSPS) is 24.3. The van der Waals surface area contributed by atoms with Crippen LogP contribution < -0.4 is 5.32 Å². The number of ether oxygens (including phenoxy) is 1. The van der Waals surface area contributed by atoms with Crippen LogP contribution in [0.4, 0.5) is 4.79 Å². The fourth-order valence-corrected chi connectivity index (χ4v) is 4.58. The highest BCUT2D eigenvalue weighted by Gasteiger charge is 2.41. The third kappa shape index (κ3) is 4.52. The molecule has 5 nitrogen and oxygen atoms in total. The van der Waals surface area contributed by atoms with Crippen molar-refractivity contribution in [1.82, 2.24) is 5.32 Å². The Balaban J connectivity index is 1.62. The molecule has 146 valence electrons. The molecule has 27 heavy (non-hydrogen) atoms. The Bertz CT molecular complexity index is 723. The fraction of sp³-hybridized carbons (Fsp3) is 0.545. The highest BCUT2D eigenvalue weighted by Crippen LogP contribution is 2.53. The Kier molecular flexibility index (Phi) is 6.19. The summed E-state index contributed by atoms with van der Waals surface area (Å²) in [5.41, 5.74) is 3.71. The quantitative estimate of drug-likeness (QED) is 0.717. The standard InChI is InChI=1S/C22H29NO4/c1-14(2)11-12-20(21(24)25)23-22(26)27-13-19-17-9-5-3-7-15(17)16-8-4-6-10-18(16)19/h3,5,7,9,11,16,18-20H,4,6,8,10,12-13H2,1-2H3,(H,23,26)(H,24,25)/t16-,18?,19?,20+/m1/s1. The van der Waals surface area contributed by atoms with Gasteiger partial charge in [0.1, 0.15) is 12.6 Å². The van der Waals surface area contributed by atoms with Crippen LogP contribution >= 0.6 is 0 Å². The maximum absolute atomic E-state index is 12.2. The molecule has 0 heterocycles. The molecule has 5 heteroatoms. The molecule has 1 aromatic rings. The molecule has 2 N–H and O–H groups in total. The van der Waals surface area contributed by atoms with Crippen molar-refractivity contribution in [3.8, 4) is 0 Å². The first kappa shape index (κ1) is 19.5. The van der Waals surface area contributed by atoms with Gasteiger partial charge in [0.2, 0.25) is 0 Å². The largest absolute Gasteiger partial charge is 0.480 e. The number of carboxylic acid groups (broad SMARTS) is 1. The highest BCUT2D eigenvalue weighted by atomic mass is 16.5. The van der Waals surface area contributed by atoms with Gasteiger partial charge in [-0.15, -0.1) is 0 Å². The number of amides is 1. The van der Waals surface area contributed by atoms with Crippen molar-refractivity contribution in [1.29, 1.82) is 0 Å². The summed E-state index contributed by atoms with van der Waals surface area (Å²) in [6.07, 6.45) is 6.25. The Labute approximate surface area is 160 Å². The van der Waals surface area contributed by atoms with Crippen LogP contribution in [0.1, 0.15) is 68.9 Å². The second-order valence-corrected chi connectivity index (χ2v) is 7.94. The van der Waals surface area contributed by atoms with Gasteiger partial charge in [0, 0.05) is 5.92 Å². The van der Waals surface area contributed by atoms with E-state index < -0.39 is 18.1 Å². The molecule has 0 bridgehead atoms. The van der Waals surface area contributed by atoms with Gasteiger partial charge < -0.3 is 15.2 Å². The average molecular weight is 371 g/mol. The first-order valence-corrected chi connectivity index (χ1v) is 9.85. The van der Waals surface area contributed by atoms with Gasteiger partial charge in [-0.25, -0.2) is 9.59 Å². The van der Waals surface area contributed by atoms with Gasteiger partial charge >= 0.3 is 12.1 Å². The van der Waals surface area contributed by atoms with Crippen molar-refractivity contribution in [2.45, 2.75) is 63.8 Å². The lowest BCUT2D eigenvalue weighted by molar-refractivity contribution is -0.139. The first-order valence-electron chi connectivity index (χ1n) is 9.85. The number of fused-ring (bicyclic) bond motifs is 3. The molecule has 0 aromatic heterocycles. The van der Waals surface area contributed by atoms with Crippen molar-refractivity contribution in [2.75, 3.05) is 6.61 Å². The minimum Gasteiger partial charge on any atom is -0.480 e. The molecule has 1 amide bonds. The van der Waals surface area contributed by atoms with Gasteiger partial charge in [-0.1, -0.05) is 48.8 Å². The molecule has 2 aliphatic carbocycles. The Morgan fingerprint density at radius 1 is 1.22 bits per heavy atom. The number of aliphatic carboxylic acids is 1. The van der Waals surface area contributed by atoms with Crippen LogP contribution in [0.25, 0.3) is 0 Å². The van der Waals surface area contributed by atoms with Crippen LogP contribution in [0.3, 0.4) is 0 Å². The van der Waals surface area contributed by atoms with Crippen LogP contribution in [0, 0.1) is 5.92 Å². The number of carbonyl (C=O) groups excluding carboxylic acids is 1. The van der Waals surface area contributed by atoms with Crippen LogP contribution in [0.5, 0.6) is 0 Å². The molecule has 1 saturated carbocycles. The smallest absolute Gasteiger partial charge is 0.407 e. The zero-order chi connectivity index (χ0) is 19.4. The predicted octanol–water partition coefficient (Wildman–Crippen LogP) is 4.59. The molecule has 0 spiro atoms.